The van der Waals surface area contributed by atoms with E-state index in [9.17, 15) is 9.59 Å². The third kappa shape index (κ3) is 4.12. The number of hydrogen-bond acceptors (Lipinski definition) is 3. The first-order valence-electron chi connectivity index (χ1n) is 8.22. The van der Waals surface area contributed by atoms with E-state index in [2.05, 4.69) is 26.6 Å². The van der Waals surface area contributed by atoms with E-state index in [0.29, 0.717) is 13.1 Å². The molecule has 23 heavy (non-hydrogen) atoms. The molecule has 124 valence electrons. The average Bonchev–Trinajstić information content (AvgIpc) is 3.09. The van der Waals surface area contributed by atoms with Crippen LogP contribution in [0.1, 0.15) is 25.7 Å². The summed E-state index contributed by atoms with van der Waals surface area (Å²) in [7, 11) is 0. The van der Waals surface area contributed by atoms with E-state index in [-0.39, 0.29) is 23.8 Å². The van der Waals surface area contributed by atoms with E-state index in [4.69, 9.17) is 0 Å². The fourth-order valence-electron chi connectivity index (χ4n) is 3.29. The van der Waals surface area contributed by atoms with Crippen molar-refractivity contribution in [3.05, 3.63) is 28.7 Å². The highest BCUT2D eigenvalue weighted by Crippen LogP contribution is 2.22. The molecule has 0 aromatic heterocycles. The second kappa shape index (κ2) is 7.45. The molecule has 2 saturated heterocycles. The summed E-state index contributed by atoms with van der Waals surface area (Å²) in [6, 6.07) is 7.59. The van der Waals surface area contributed by atoms with Crippen molar-refractivity contribution in [2.45, 2.75) is 31.7 Å². The quantitative estimate of drug-likeness (QED) is 0.847. The van der Waals surface area contributed by atoms with Crippen molar-refractivity contribution in [2.24, 2.45) is 5.92 Å². The fraction of sp³-hybridized carbons (Fsp3) is 0.529. The van der Waals surface area contributed by atoms with Gasteiger partial charge in [-0.15, -0.1) is 0 Å². The fourth-order valence-corrected chi connectivity index (χ4v) is 3.69. The lowest BCUT2D eigenvalue weighted by atomic mass is 9.95. The van der Waals surface area contributed by atoms with Crippen LogP contribution in [0.3, 0.4) is 0 Å². The third-order valence-corrected chi connectivity index (χ3v) is 5.12. The van der Waals surface area contributed by atoms with Crippen molar-refractivity contribution in [2.75, 3.05) is 25.0 Å². The summed E-state index contributed by atoms with van der Waals surface area (Å²) >= 11 is 3.40. The zero-order valence-electron chi connectivity index (χ0n) is 13.1. The van der Waals surface area contributed by atoms with Crippen molar-refractivity contribution in [3.8, 4) is 0 Å². The maximum absolute atomic E-state index is 12.4. The van der Waals surface area contributed by atoms with Gasteiger partial charge in [-0.3, -0.25) is 9.59 Å². The summed E-state index contributed by atoms with van der Waals surface area (Å²) in [5, 5.41) is 6.22. The number of benzene rings is 1. The number of carbonyl (C=O) groups is 2. The minimum atomic E-state index is -0.0189. The summed E-state index contributed by atoms with van der Waals surface area (Å²) < 4.78 is 0.944. The largest absolute Gasteiger partial charge is 0.341 e. The molecule has 0 bridgehead atoms. The molecule has 2 fully saturated rings. The Labute approximate surface area is 144 Å². The van der Waals surface area contributed by atoms with Gasteiger partial charge >= 0.3 is 0 Å². The van der Waals surface area contributed by atoms with Gasteiger partial charge in [0.2, 0.25) is 11.8 Å². The number of halogens is 1. The van der Waals surface area contributed by atoms with E-state index < -0.39 is 0 Å². The lowest BCUT2D eigenvalue weighted by molar-refractivity contribution is -0.136. The maximum atomic E-state index is 12.4. The first-order chi connectivity index (χ1) is 11.1. The standard InChI is InChI=1S/C17H22BrN3O2/c18-13-3-1-4-14(11-13)20-16(22)12-6-9-21(10-7-12)17(23)15-5-2-8-19-15/h1,3-4,11-12,15,19H,2,5-10H2,(H,20,22). The molecule has 2 N–H and O–H groups in total. The maximum Gasteiger partial charge on any atom is 0.239 e. The summed E-state index contributed by atoms with van der Waals surface area (Å²) in [5.41, 5.74) is 0.804. The molecule has 0 radical (unpaired) electrons. The Kier molecular flexibility index (Phi) is 5.33. The molecular formula is C17H22BrN3O2. The molecule has 1 atom stereocenters. The first-order valence-corrected chi connectivity index (χ1v) is 9.01. The Hall–Kier alpha value is -1.40. The highest BCUT2D eigenvalue weighted by Gasteiger charge is 2.31. The van der Waals surface area contributed by atoms with Gasteiger partial charge in [0.15, 0.2) is 0 Å². The van der Waals surface area contributed by atoms with Crippen LogP contribution in [0.4, 0.5) is 5.69 Å². The molecule has 1 aromatic carbocycles. The van der Waals surface area contributed by atoms with E-state index in [1.807, 2.05) is 29.2 Å². The lowest BCUT2D eigenvalue weighted by Crippen LogP contribution is -2.48. The van der Waals surface area contributed by atoms with E-state index in [1.165, 1.54) is 0 Å². The molecule has 5 nitrogen and oxygen atoms in total. The average molecular weight is 380 g/mol. The Morgan fingerprint density at radius 3 is 2.65 bits per heavy atom. The Morgan fingerprint density at radius 1 is 1.22 bits per heavy atom. The third-order valence-electron chi connectivity index (χ3n) is 4.63. The van der Waals surface area contributed by atoms with Crippen molar-refractivity contribution in [1.82, 2.24) is 10.2 Å². The van der Waals surface area contributed by atoms with E-state index in [0.717, 1.165) is 42.4 Å². The van der Waals surface area contributed by atoms with Gasteiger partial charge in [-0.25, -0.2) is 0 Å². The minimum absolute atomic E-state index is 0.0120. The Bertz CT molecular complexity index is 579. The van der Waals surface area contributed by atoms with Crippen LogP contribution >= 0.6 is 15.9 Å². The molecule has 2 aliphatic heterocycles. The van der Waals surface area contributed by atoms with Gasteiger partial charge in [-0.2, -0.15) is 0 Å². The van der Waals surface area contributed by atoms with Crippen LogP contribution in [0.15, 0.2) is 28.7 Å². The normalized spacial score (nSPS) is 22.1. The minimum Gasteiger partial charge on any atom is -0.341 e. The number of rotatable bonds is 3. The van der Waals surface area contributed by atoms with Gasteiger partial charge < -0.3 is 15.5 Å². The smallest absolute Gasteiger partial charge is 0.239 e. The van der Waals surface area contributed by atoms with Gasteiger partial charge in [0.1, 0.15) is 0 Å². The molecule has 0 saturated carbocycles. The molecule has 0 spiro atoms. The van der Waals surface area contributed by atoms with Crippen molar-refractivity contribution >= 4 is 33.4 Å². The van der Waals surface area contributed by atoms with Crippen LogP contribution in [0.25, 0.3) is 0 Å². The molecule has 2 amide bonds. The zero-order chi connectivity index (χ0) is 16.2. The number of nitrogens with zero attached hydrogens (tertiary/aromatic N) is 1. The SMILES string of the molecule is O=C(Nc1cccc(Br)c1)C1CCN(C(=O)C2CCCN2)CC1. The number of nitrogens with one attached hydrogen (secondary N) is 2. The van der Waals surface area contributed by atoms with Gasteiger partial charge in [-0.1, -0.05) is 22.0 Å². The number of amides is 2. The summed E-state index contributed by atoms with van der Waals surface area (Å²) in [4.78, 5) is 26.6. The second-order valence-corrected chi connectivity index (χ2v) is 7.16. The number of carbonyl (C=O) groups excluding carboxylic acids is 2. The summed E-state index contributed by atoms with van der Waals surface area (Å²) in [6.45, 7) is 2.28. The number of hydrogen-bond donors (Lipinski definition) is 2. The van der Waals surface area contributed by atoms with Crippen molar-refractivity contribution < 1.29 is 9.59 Å². The Balaban J connectivity index is 1.50. The zero-order valence-corrected chi connectivity index (χ0v) is 14.6. The molecule has 3 rings (SSSR count). The second-order valence-electron chi connectivity index (χ2n) is 6.25. The summed E-state index contributed by atoms with van der Waals surface area (Å²) in [5.74, 6) is 0.233. The Morgan fingerprint density at radius 2 is 2.00 bits per heavy atom. The molecule has 1 unspecified atom stereocenters. The van der Waals surface area contributed by atoms with Gasteiger partial charge in [0.05, 0.1) is 6.04 Å². The van der Waals surface area contributed by atoms with E-state index >= 15 is 0 Å². The van der Waals surface area contributed by atoms with Gasteiger partial charge in [0.25, 0.3) is 0 Å². The van der Waals surface area contributed by atoms with E-state index in [1.54, 1.807) is 0 Å². The van der Waals surface area contributed by atoms with Gasteiger partial charge in [-0.05, 0) is 50.4 Å². The molecule has 2 aliphatic rings. The highest BCUT2D eigenvalue weighted by molar-refractivity contribution is 9.10. The topological polar surface area (TPSA) is 61.4 Å². The molecule has 1 aromatic rings. The molecule has 0 aliphatic carbocycles. The monoisotopic (exact) mass is 379 g/mol. The van der Waals surface area contributed by atoms with Crippen LogP contribution in [0, 0.1) is 5.92 Å². The molecule has 2 heterocycles. The van der Waals surface area contributed by atoms with Crippen LogP contribution in [-0.4, -0.2) is 42.4 Å². The predicted octanol–water partition coefficient (Wildman–Crippen LogP) is 2.38. The first kappa shape index (κ1) is 16.5. The van der Waals surface area contributed by atoms with Gasteiger partial charge in [0, 0.05) is 29.2 Å². The van der Waals surface area contributed by atoms with Crippen molar-refractivity contribution in [3.63, 3.8) is 0 Å². The number of likely N-dealkylation sites (tertiary alicyclic amines) is 1. The van der Waals surface area contributed by atoms with Crippen LogP contribution in [0.2, 0.25) is 0 Å². The lowest BCUT2D eigenvalue weighted by Gasteiger charge is -2.33. The molecular weight excluding hydrogens is 358 g/mol. The summed E-state index contributed by atoms with van der Waals surface area (Å²) in [6.07, 6.45) is 3.47. The highest BCUT2D eigenvalue weighted by atomic mass is 79.9. The van der Waals surface area contributed by atoms with Crippen LogP contribution in [0.5, 0.6) is 0 Å². The number of piperidine rings is 1. The van der Waals surface area contributed by atoms with Crippen LogP contribution < -0.4 is 10.6 Å². The predicted molar refractivity (Wildman–Crippen MR) is 93.1 cm³/mol. The van der Waals surface area contributed by atoms with Crippen molar-refractivity contribution in [1.29, 1.82) is 0 Å². The number of anilines is 1. The molecule has 6 heteroatoms. The van der Waals surface area contributed by atoms with Crippen LogP contribution in [-0.2, 0) is 9.59 Å².